The summed E-state index contributed by atoms with van der Waals surface area (Å²) in [5.74, 6) is -0.332. The normalized spacial score (nSPS) is 12.2. The molecule has 6 nitrogen and oxygen atoms in total. The molecule has 1 aromatic heterocycles. The number of para-hydroxylation sites is 2. The molecule has 0 radical (unpaired) electrons. The van der Waals surface area contributed by atoms with E-state index in [0.29, 0.717) is 6.42 Å². The summed E-state index contributed by atoms with van der Waals surface area (Å²) in [4.78, 5) is 29.7. The predicted molar refractivity (Wildman–Crippen MR) is 74.3 cm³/mol. The Bertz CT molecular complexity index is 588. The highest BCUT2D eigenvalue weighted by Gasteiger charge is 2.11. The van der Waals surface area contributed by atoms with Gasteiger partial charge in [0.25, 0.3) is 0 Å². The largest absolute Gasteiger partial charge is 0.481 e. The van der Waals surface area contributed by atoms with E-state index in [0.717, 1.165) is 16.9 Å². The Balaban J connectivity index is 1.85. The highest BCUT2D eigenvalue weighted by Crippen LogP contribution is 2.11. The maximum absolute atomic E-state index is 11.7. The van der Waals surface area contributed by atoms with Crippen LogP contribution in [-0.4, -0.2) is 33.0 Å². The molecule has 0 bridgehead atoms. The van der Waals surface area contributed by atoms with Gasteiger partial charge < -0.3 is 15.4 Å². The van der Waals surface area contributed by atoms with E-state index in [1.54, 1.807) is 6.92 Å². The van der Waals surface area contributed by atoms with Gasteiger partial charge in [0.1, 0.15) is 5.82 Å². The van der Waals surface area contributed by atoms with E-state index < -0.39 is 5.97 Å². The Hall–Kier alpha value is -2.37. The van der Waals surface area contributed by atoms with Crippen LogP contribution in [0.15, 0.2) is 24.3 Å². The number of amides is 1. The first kappa shape index (κ1) is 14.0. The van der Waals surface area contributed by atoms with Gasteiger partial charge in [0.15, 0.2) is 0 Å². The second-order valence-corrected chi connectivity index (χ2v) is 4.77. The molecule has 1 unspecified atom stereocenters. The number of hydrogen-bond acceptors (Lipinski definition) is 3. The molecule has 1 heterocycles. The zero-order chi connectivity index (χ0) is 14.5. The molecule has 20 heavy (non-hydrogen) atoms. The molecule has 6 heteroatoms. The number of carboxylic acids is 1. The molecule has 3 N–H and O–H groups in total. The second-order valence-electron chi connectivity index (χ2n) is 4.77. The third-order valence-corrected chi connectivity index (χ3v) is 2.92. The minimum absolute atomic E-state index is 0.0730. The monoisotopic (exact) mass is 275 g/mol. The van der Waals surface area contributed by atoms with Gasteiger partial charge >= 0.3 is 5.97 Å². The van der Waals surface area contributed by atoms with Gasteiger partial charge in [0.05, 0.1) is 17.5 Å². The summed E-state index contributed by atoms with van der Waals surface area (Å²) in [5, 5.41) is 11.3. The van der Waals surface area contributed by atoms with Crippen LogP contribution in [0.1, 0.15) is 25.6 Å². The van der Waals surface area contributed by atoms with Crippen molar-refractivity contribution in [2.75, 3.05) is 0 Å². The van der Waals surface area contributed by atoms with Crippen LogP contribution in [-0.2, 0) is 16.0 Å². The third kappa shape index (κ3) is 3.81. The van der Waals surface area contributed by atoms with Crippen molar-refractivity contribution in [2.45, 2.75) is 32.2 Å². The van der Waals surface area contributed by atoms with Gasteiger partial charge in [-0.2, -0.15) is 0 Å². The summed E-state index contributed by atoms with van der Waals surface area (Å²) in [6, 6.07) is 7.30. The van der Waals surface area contributed by atoms with Crippen LogP contribution in [0.5, 0.6) is 0 Å². The molecule has 2 rings (SSSR count). The molecule has 1 aromatic carbocycles. The number of aromatic nitrogens is 2. The first-order chi connectivity index (χ1) is 9.54. The number of H-pyrrole nitrogens is 1. The number of nitrogens with zero attached hydrogens (tertiary/aromatic N) is 1. The lowest BCUT2D eigenvalue weighted by atomic mass is 10.2. The molecule has 0 saturated heterocycles. The van der Waals surface area contributed by atoms with Crippen molar-refractivity contribution in [3.8, 4) is 0 Å². The van der Waals surface area contributed by atoms with Gasteiger partial charge in [-0.1, -0.05) is 12.1 Å². The molecule has 0 aliphatic heterocycles. The van der Waals surface area contributed by atoms with Gasteiger partial charge in [0.2, 0.25) is 5.91 Å². The number of rotatable bonds is 6. The Morgan fingerprint density at radius 3 is 2.85 bits per heavy atom. The van der Waals surface area contributed by atoms with Gasteiger partial charge in [-0.05, 0) is 19.1 Å². The van der Waals surface area contributed by atoms with E-state index in [2.05, 4.69) is 15.3 Å². The summed E-state index contributed by atoms with van der Waals surface area (Å²) in [5.41, 5.74) is 1.82. The van der Waals surface area contributed by atoms with Crippen molar-refractivity contribution in [2.24, 2.45) is 0 Å². The molecule has 0 fully saturated rings. The van der Waals surface area contributed by atoms with Crippen LogP contribution in [0.3, 0.4) is 0 Å². The summed E-state index contributed by atoms with van der Waals surface area (Å²) >= 11 is 0. The maximum Gasteiger partial charge on any atom is 0.305 e. The molecular formula is C14H17N3O3. The summed E-state index contributed by atoms with van der Waals surface area (Å²) in [6.45, 7) is 1.67. The van der Waals surface area contributed by atoms with Crippen molar-refractivity contribution in [3.05, 3.63) is 30.1 Å². The fourth-order valence-corrected chi connectivity index (χ4v) is 2.02. The minimum Gasteiger partial charge on any atom is -0.481 e. The summed E-state index contributed by atoms with van der Waals surface area (Å²) in [7, 11) is 0. The fraction of sp³-hybridized carbons (Fsp3) is 0.357. The number of benzene rings is 1. The number of aliphatic carboxylic acids is 1. The Morgan fingerprint density at radius 1 is 1.40 bits per heavy atom. The van der Waals surface area contributed by atoms with Gasteiger partial charge in [-0.3, -0.25) is 9.59 Å². The number of carboxylic acid groups (broad SMARTS) is 1. The van der Waals surface area contributed by atoms with Gasteiger partial charge in [-0.15, -0.1) is 0 Å². The van der Waals surface area contributed by atoms with Crippen molar-refractivity contribution < 1.29 is 14.7 Å². The zero-order valence-corrected chi connectivity index (χ0v) is 11.2. The molecule has 1 amide bonds. The molecule has 0 saturated carbocycles. The van der Waals surface area contributed by atoms with E-state index in [9.17, 15) is 9.59 Å². The van der Waals surface area contributed by atoms with Crippen LogP contribution in [0, 0.1) is 0 Å². The Kier molecular flexibility index (Phi) is 4.34. The topological polar surface area (TPSA) is 95.1 Å². The van der Waals surface area contributed by atoms with E-state index in [-0.39, 0.29) is 24.8 Å². The molecular weight excluding hydrogens is 258 g/mol. The number of nitrogens with one attached hydrogen (secondary N) is 2. The van der Waals surface area contributed by atoms with E-state index >= 15 is 0 Å². The highest BCUT2D eigenvalue weighted by molar-refractivity contribution is 5.78. The van der Waals surface area contributed by atoms with Gasteiger partial charge in [-0.25, -0.2) is 4.98 Å². The van der Waals surface area contributed by atoms with Crippen molar-refractivity contribution in [1.29, 1.82) is 0 Å². The van der Waals surface area contributed by atoms with E-state index in [1.165, 1.54) is 0 Å². The minimum atomic E-state index is -0.921. The molecule has 0 spiro atoms. The SMILES string of the molecule is CC(CC(=O)O)NC(=O)CCc1nc2ccccc2[nH]1. The van der Waals surface area contributed by atoms with Crippen LogP contribution in [0.4, 0.5) is 0 Å². The number of aromatic amines is 1. The summed E-state index contributed by atoms with van der Waals surface area (Å²) < 4.78 is 0. The molecule has 1 atom stereocenters. The highest BCUT2D eigenvalue weighted by atomic mass is 16.4. The predicted octanol–water partition coefficient (Wildman–Crippen LogP) is 1.47. The number of fused-ring (bicyclic) bond motifs is 1. The third-order valence-electron chi connectivity index (χ3n) is 2.92. The quantitative estimate of drug-likeness (QED) is 0.744. The van der Waals surface area contributed by atoms with Crippen LogP contribution < -0.4 is 5.32 Å². The standard InChI is InChI=1S/C14H17N3O3/c1-9(8-14(19)20)15-13(18)7-6-12-16-10-4-2-3-5-11(10)17-12/h2-5,9H,6-8H2,1H3,(H,15,18)(H,16,17)(H,19,20). The Morgan fingerprint density at radius 2 is 2.15 bits per heavy atom. The smallest absolute Gasteiger partial charge is 0.305 e. The number of carbonyl (C=O) groups excluding carboxylic acids is 1. The number of carbonyl (C=O) groups is 2. The average Bonchev–Trinajstić information content (AvgIpc) is 2.77. The number of aryl methyl sites for hydroxylation is 1. The van der Waals surface area contributed by atoms with Crippen LogP contribution in [0.2, 0.25) is 0 Å². The number of imidazole rings is 1. The van der Waals surface area contributed by atoms with Crippen LogP contribution in [0.25, 0.3) is 11.0 Å². The van der Waals surface area contributed by atoms with Crippen LogP contribution >= 0.6 is 0 Å². The van der Waals surface area contributed by atoms with E-state index in [4.69, 9.17) is 5.11 Å². The molecule has 2 aromatic rings. The first-order valence-electron chi connectivity index (χ1n) is 6.49. The zero-order valence-electron chi connectivity index (χ0n) is 11.2. The first-order valence-corrected chi connectivity index (χ1v) is 6.49. The summed E-state index contributed by atoms with van der Waals surface area (Å²) in [6.07, 6.45) is 0.709. The van der Waals surface area contributed by atoms with Crippen molar-refractivity contribution >= 4 is 22.9 Å². The lowest BCUT2D eigenvalue weighted by molar-refractivity contribution is -0.137. The lowest BCUT2D eigenvalue weighted by Crippen LogP contribution is -2.34. The average molecular weight is 275 g/mol. The molecule has 0 aliphatic rings. The maximum atomic E-state index is 11.7. The van der Waals surface area contributed by atoms with E-state index in [1.807, 2.05) is 24.3 Å². The lowest BCUT2D eigenvalue weighted by Gasteiger charge is -2.10. The molecule has 106 valence electrons. The van der Waals surface area contributed by atoms with Crippen molar-refractivity contribution in [1.82, 2.24) is 15.3 Å². The number of hydrogen-bond donors (Lipinski definition) is 3. The fourth-order valence-electron chi connectivity index (χ4n) is 2.02. The molecule has 0 aliphatic carbocycles. The van der Waals surface area contributed by atoms with Gasteiger partial charge in [0, 0.05) is 18.9 Å². The Labute approximate surface area is 116 Å². The van der Waals surface area contributed by atoms with Crippen molar-refractivity contribution in [3.63, 3.8) is 0 Å². The second kappa shape index (κ2) is 6.18.